The Balaban J connectivity index is 1.82. The fourth-order valence-corrected chi connectivity index (χ4v) is 2.39. The number of anilines is 1. The van der Waals surface area contributed by atoms with Gasteiger partial charge in [0.05, 0.1) is 18.8 Å². The summed E-state index contributed by atoms with van der Waals surface area (Å²) >= 11 is 0. The van der Waals surface area contributed by atoms with Crippen LogP contribution in [0.1, 0.15) is 22.2 Å². The van der Waals surface area contributed by atoms with Crippen molar-refractivity contribution in [1.82, 2.24) is 25.1 Å². The molecule has 2 aromatic rings. The number of aromatic amines is 1. The summed E-state index contributed by atoms with van der Waals surface area (Å²) in [5.41, 5.74) is 0.553. The molecule has 116 valence electrons. The van der Waals surface area contributed by atoms with Gasteiger partial charge in [0.15, 0.2) is 0 Å². The van der Waals surface area contributed by atoms with Gasteiger partial charge in [-0.15, -0.1) is 0 Å². The minimum atomic E-state index is -0.253. The van der Waals surface area contributed by atoms with Gasteiger partial charge in [0.1, 0.15) is 24.0 Å². The van der Waals surface area contributed by atoms with E-state index in [0.29, 0.717) is 31.1 Å². The number of hydrogen-bond acceptors (Lipinski definition) is 6. The normalized spacial score (nSPS) is 18.3. The number of morpholine rings is 1. The highest BCUT2D eigenvalue weighted by molar-refractivity contribution is 5.94. The van der Waals surface area contributed by atoms with Crippen molar-refractivity contribution < 1.29 is 9.53 Å². The van der Waals surface area contributed by atoms with E-state index in [2.05, 4.69) is 20.2 Å². The number of rotatable bonds is 3. The van der Waals surface area contributed by atoms with Crippen LogP contribution in [-0.4, -0.2) is 64.8 Å². The highest BCUT2D eigenvalue weighted by atomic mass is 16.5. The molecule has 3 heterocycles. The first-order valence-electron chi connectivity index (χ1n) is 7.04. The Morgan fingerprint density at radius 3 is 2.91 bits per heavy atom. The Hall–Kier alpha value is -2.48. The molecule has 0 saturated carbocycles. The molecule has 1 aliphatic heterocycles. The zero-order valence-electron chi connectivity index (χ0n) is 12.6. The molecule has 1 N–H and O–H groups in total. The summed E-state index contributed by atoms with van der Waals surface area (Å²) in [7, 11) is 3.82. The van der Waals surface area contributed by atoms with Gasteiger partial charge in [0, 0.05) is 26.8 Å². The first kappa shape index (κ1) is 14.5. The Bertz CT molecular complexity index is 625. The summed E-state index contributed by atoms with van der Waals surface area (Å²) in [4.78, 5) is 24.8. The molecular formula is C14H18N6O2. The first-order chi connectivity index (χ1) is 10.7. The SMILES string of the molecule is CN(C)c1ccc(C(=O)N2CCOC[C@@H]2c2ncn[nH]2)cn1. The lowest BCUT2D eigenvalue weighted by atomic mass is 10.1. The average Bonchev–Trinajstić information content (AvgIpc) is 3.08. The molecule has 2 aromatic heterocycles. The van der Waals surface area contributed by atoms with Gasteiger partial charge in [-0.1, -0.05) is 0 Å². The standard InChI is InChI=1S/C14H18N6O2/c1-19(2)12-4-3-10(7-15-12)14(21)20-5-6-22-8-11(20)13-16-9-17-18-13/h3-4,7,9,11H,5-6,8H2,1-2H3,(H,16,17,18)/t11-/m1/s1. The molecule has 0 aromatic carbocycles. The lowest BCUT2D eigenvalue weighted by Gasteiger charge is -2.34. The molecule has 0 aliphatic carbocycles. The van der Waals surface area contributed by atoms with Crippen molar-refractivity contribution in [2.45, 2.75) is 6.04 Å². The van der Waals surface area contributed by atoms with Gasteiger partial charge in [0.2, 0.25) is 0 Å². The molecule has 8 heteroatoms. The van der Waals surface area contributed by atoms with Gasteiger partial charge in [-0.05, 0) is 12.1 Å². The first-order valence-corrected chi connectivity index (χ1v) is 7.04. The smallest absolute Gasteiger partial charge is 0.256 e. The van der Waals surface area contributed by atoms with E-state index in [1.54, 1.807) is 17.2 Å². The van der Waals surface area contributed by atoms with Crippen LogP contribution in [0.3, 0.4) is 0 Å². The number of amides is 1. The molecule has 1 fully saturated rings. The zero-order valence-corrected chi connectivity index (χ0v) is 12.6. The molecule has 0 bridgehead atoms. The Kier molecular flexibility index (Phi) is 4.01. The van der Waals surface area contributed by atoms with Crippen molar-refractivity contribution in [2.24, 2.45) is 0 Å². The van der Waals surface area contributed by atoms with Crippen molar-refractivity contribution >= 4 is 11.7 Å². The monoisotopic (exact) mass is 302 g/mol. The molecule has 0 unspecified atom stereocenters. The van der Waals surface area contributed by atoms with Crippen molar-refractivity contribution in [1.29, 1.82) is 0 Å². The Morgan fingerprint density at radius 2 is 2.27 bits per heavy atom. The quantitative estimate of drug-likeness (QED) is 0.887. The topological polar surface area (TPSA) is 87.2 Å². The fraction of sp³-hybridized carbons (Fsp3) is 0.429. The van der Waals surface area contributed by atoms with Crippen LogP contribution >= 0.6 is 0 Å². The zero-order chi connectivity index (χ0) is 15.5. The molecule has 22 heavy (non-hydrogen) atoms. The van der Waals surface area contributed by atoms with Gasteiger partial charge >= 0.3 is 0 Å². The van der Waals surface area contributed by atoms with Crippen LogP contribution in [0.15, 0.2) is 24.7 Å². The van der Waals surface area contributed by atoms with E-state index in [0.717, 1.165) is 5.82 Å². The van der Waals surface area contributed by atoms with Crippen molar-refractivity contribution in [3.63, 3.8) is 0 Å². The van der Waals surface area contributed by atoms with E-state index >= 15 is 0 Å². The number of nitrogens with one attached hydrogen (secondary N) is 1. The molecule has 1 aliphatic rings. The molecule has 0 radical (unpaired) electrons. The van der Waals surface area contributed by atoms with E-state index in [9.17, 15) is 4.79 Å². The van der Waals surface area contributed by atoms with Crippen LogP contribution in [0.5, 0.6) is 0 Å². The predicted octanol–water partition coefficient (Wildman–Crippen LogP) is 0.479. The van der Waals surface area contributed by atoms with Crippen molar-refractivity contribution in [2.75, 3.05) is 38.8 Å². The van der Waals surface area contributed by atoms with Crippen molar-refractivity contribution in [3.8, 4) is 0 Å². The summed E-state index contributed by atoms with van der Waals surface area (Å²) in [5.74, 6) is 1.36. The maximum Gasteiger partial charge on any atom is 0.256 e. The summed E-state index contributed by atoms with van der Waals surface area (Å²) in [5, 5.41) is 6.66. The lowest BCUT2D eigenvalue weighted by Crippen LogP contribution is -2.43. The second kappa shape index (κ2) is 6.10. The van der Waals surface area contributed by atoms with Gasteiger partial charge in [-0.25, -0.2) is 9.97 Å². The van der Waals surface area contributed by atoms with Crippen LogP contribution in [0.4, 0.5) is 5.82 Å². The maximum absolute atomic E-state index is 12.7. The van der Waals surface area contributed by atoms with Gasteiger partial charge < -0.3 is 14.5 Å². The number of ether oxygens (including phenoxy) is 1. The third-order valence-corrected chi connectivity index (χ3v) is 3.59. The second-order valence-electron chi connectivity index (χ2n) is 5.26. The highest BCUT2D eigenvalue weighted by Gasteiger charge is 2.31. The Labute approximate surface area is 128 Å². The third-order valence-electron chi connectivity index (χ3n) is 3.59. The van der Waals surface area contributed by atoms with Gasteiger partial charge in [-0.3, -0.25) is 9.89 Å². The number of H-pyrrole nitrogens is 1. The number of carbonyl (C=O) groups is 1. The van der Waals surface area contributed by atoms with E-state index in [4.69, 9.17) is 4.74 Å². The van der Waals surface area contributed by atoms with E-state index in [1.165, 1.54) is 6.33 Å². The summed E-state index contributed by atoms with van der Waals surface area (Å²) in [6, 6.07) is 3.37. The number of carbonyl (C=O) groups excluding carboxylic acids is 1. The van der Waals surface area contributed by atoms with Crippen LogP contribution in [-0.2, 0) is 4.74 Å². The highest BCUT2D eigenvalue weighted by Crippen LogP contribution is 2.23. The molecule has 1 amide bonds. The minimum absolute atomic E-state index is 0.0810. The fourth-order valence-electron chi connectivity index (χ4n) is 2.39. The maximum atomic E-state index is 12.7. The number of hydrogen-bond donors (Lipinski definition) is 1. The molecule has 8 nitrogen and oxygen atoms in total. The molecule has 1 saturated heterocycles. The summed E-state index contributed by atoms with van der Waals surface area (Å²) in [6.45, 7) is 1.43. The summed E-state index contributed by atoms with van der Waals surface area (Å²) in [6.07, 6.45) is 3.03. The van der Waals surface area contributed by atoms with E-state index in [1.807, 2.05) is 25.1 Å². The second-order valence-corrected chi connectivity index (χ2v) is 5.26. The van der Waals surface area contributed by atoms with Crippen molar-refractivity contribution in [3.05, 3.63) is 36.0 Å². The largest absolute Gasteiger partial charge is 0.377 e. The minimum Gasteiger partial charge on any atom is -0.377 e. The molecule has 1 atom stereocenters. The van der Waals surface area contributed by atoms with Crippen LogP contribution in [0.25, 0.3) is 0 Å². The number of nitrogens with zero attached hydrogens (tertiary/aromatic N) is 5. The van der Waals surface area contributed by atoms with E-state index in [-0.39, 0.29) is 11.9 Å². The number of aromatic nitrogens is 4. The average molecular weight is 302 g/mol. The van der Waals surface area contributed by atoms with Crippen LogP contribution in [0.2, 0.25) is 0 Å². The summed E-state index contributed by atoms with van der Waals surface area (Å²) < 4.78 is 5.47. The van der Waals surface area contributed by atoms with E-state index < -0.39 is 0 Å². The van der Waals surface area contributed by atoms with Gasteiger partial charge in [0.25, 0.3) is 5.91 Å². The molecule has 0 spiro atoms. The number of pyridine rings is 1. The molecule has 3 rings (SSSR count). The third kappa shape index (κ3) is 2.77. The Morgan fingerprint density at radius 1 is 1.41 bits per heavy atom. The van der Waals surface area contributed by atoms with Crippen LogP contribution in [0, 0.1) is 0 Å². The van der Waals surface area contributed by atoms with Crippen LogP contribution < -0.4 is 4.90 Å². The predicted molar refractivity (Wildman–Crippen MR) is 79.5 cm³/mol. The lowest BCUT2D eigenvalue weighted by molar-refractivity contribution is -0.00514. The van der Waals surface area contributed by atoms with Gasteiger partial charge in [-0.2, -0.15) is 5.10 Å². The molecular weight excluding hydrogens is 284 g/mol.